The van der Waals surface area contributed by atoms with Crippen LogP contribution in [0.25, 0.3) is 0 Å². The number of carbonyl (C=O) groups is 1. The van der Waals surface area contributed by atoms with Gasteiger partial charge >= 0.3 is 0 Å². The van der Waals surface area contributed by atoms with Gasteiger partial charge in [0, 0.05) is 12.2 Å². The van der Waals surface area contributed by atoms with Crippen LogP contribution in [0.1, 0.15) is 22.3 Å². The molecule has 0 unspecified atom stereocenters. The van der Waals surface area contributed by atoms with Gasteiger partial charge in [-0.2, -0.15) is 0 Å². The number of amides is 1. The van der Waals surface area contributed by atoms with Gasteiger partial charge in [0.15, 0.2) is 0 Å². The molecule has 2 N–H and O–H groups in total. The summed E-state index contributed by atoms with van der Waals surface area (Å²) in [6, 6.07) is 12.1. The Kier molecular flexibility index (Phi) is 6.24. The standard InChI is InChI=1S/C20H26N2O2/c1-14-10-15(2)20(16(3)11-14)22-13-19(23)21-9-8-17-6-5-7-18(12-17)24-4/h5-7,10-12,22H,8-9,13H2,1-4H3,(H,21,23). The van der Waals surface area contributed by atoms with Crippen LogP contribution in [0.2, 0.25) is 0 Å². The second-order valence-electron chi connectivity index (χ2n) is 6.08. The highest BCUT2D eigenvalue weighted by molar-refractivity contribution is 5.81. The lowest BCUT2D eigenvalue weighted by molar-refractivity contribution is -0.119. The van der Waals surface area contributed by atoms with Crippen LogP contribution in [0.5, 0.6) is 5.75 Å². The van der Waals surface area contributed by atoms with Gasteiger partial charge in [-0.3, -0.25) is 4.79 Å². The number of ether oxygens (including phenoxy) is 1. The van der Waals surface area contributed by atoms with Gasteiger partial charge in [0.1, 0.15) is 5.75 Å². The molecule has 0 heterocycles. The third-order valence-corrected chi connectivity index (χ3v) is 3.97. The van der Waals surface area contributed by atoms with E-state index in [9.17, 15) is 4.79 Å². The molecule has 4 nitrogen and oxygen atoms in total. The first-order valence-corrected chi connectivity index (χ1v) is 8.21. The summed E-state index contributed by atoms with van der Waals surface area (Å²) in [5, 5.41) is 6.19. The number of rotatable bonds is 7. The Hall–Kier alpha value is -2.49. The molecule has 0 spiro atoms. The highest BCUT2D eigenvalue weighted by Crippen LogP contribution is 2.21. The van der Waals surface area contributed by atoms with E-state index in [1.54, 1.807) is 7.11 Å². The minimum atomic E-state index is -0.00253. The molecule has 0 aliphatic rings. The molecule has 0 saturated heterocycles. The van der Waals surface area contributed by atoms with E-state index in [-0.39, 0.29) is 12.5 Å². The maximum Gasteiger partial charge on any atom is 0.239 e. The predicted octanol–water partition coefficient (Wildman–Crippen LogP) is 3.39. The van der Waals surface area contributed by atoms with Crippen molar-refractivity contribution < 1.29 is 9.53 Å². The largest absolute Gasteiger partial charge is 0.497 e. The molecule has 0 aliphatic heterocycles. The molecular weight excluding hydrogens is 300 g/mol. The van der Waals surface area contributed by atoms with E-state index in [1.807, 2.05) is 24.3 Å². The van der Waals surface area contributed by atoms with E-state index in [1.165, 1.54) is 5.56 Å². The van der Waals surface area contributed by atoms with Crippen molar-refractivity contribution in [1.29, 1.82) is 0 Å². The number of methoxy groups -OCH3 is 1. The number of hydrogen-bond donors (Lipinski definition) is 2. The van der Waals surface area contributed by atoms with Crippen molar-refractivity contribution in [2.45, 2.75) is 27.2 Å². The fourth-order valence-corrected chi connectivity index (χ4v) is 2.86. The zero-order valence-electron chi connectivity index (χ0n) is 14.9. The average Bonchev–Trinajstić information content (AvgIpc) is 2.54. The molecule has 2 aromatic rings. The van der Waals surface area contributed by atoms with Crippen molar-refractivity contribution >= 4 is 11.6 Å². The van der Waals surface area contributed by atoms with Crippen LogP contribution in [-0.2, 0) is 11.2 Å². The summed E-state index contributed by atoms with van der Waals surface area (Å²) in [6.07, 6.45) is 0.783. The minimum absolute atomic E-state index is 0.00253. The molecule has 0 atom stereocenters. The fourth-order valence-electron chi connectivity index (χ4n) is 2.86. The van der Waals surface area contributed by atoms with Crippen molar-refractivity contribution in [3.05, 3.63) is 58.7 Å². The van der Waals surface area contributed by atoms with Gasteiger partial charge in [0.05, 0.1) is 13.7 Å². The second-order valence-corrected chi connectivity index (χ2v) is 6.08. The Balaban J connectivity index is 1.79. The summed E-state index contributed by atoms with van der Waals surface area (Å²) in [7, 11) is 1.65. The van der Waals surface area contributed by atoms with E-state index in [0.717, 1.165) is 34.5 Å². The van der Waals surface area contributed by atoms with Gasteiger partial charge in [-0.1, -0.05) is 29.8 Å². The Morgan fingerprint density at radius 2 is 1.79 bits per heavy atom. The SMILES string of the molecule is COc1cccc(CCNC(=O)CNc2c(C)cc(C)cc2C)c1. The summed E-state index contributed by atoms with van der Waals surface area (Å²) < 4.78 is 5.20. The second kappa shape index (κ2) is 8.39. The van der Waals surface area contributed by atoms with E-state index < -0.39 is 0 Å². The lowest BCUT2D eigenvalue weighted by Crippen LogP contribution is -2.31. The molecule has 0 saturated carbocycles. The molecule has 0 aliphatic carbocycles. The predicted molar refractivity (Wildman–Crippen MR) is 98.9 cm³/mol. The topological polar surface area (TPSA) is 50.4 Å². The molecule has 0 radical (unpaired) electrons. The molecule has 0 fully saturated rings. The zero-order valence-corrected chi connectivity index (χ0v) is 14.9. The quantitative estimate of drug-likeness (QED) is 0.820. The van der Waals surface area contributed by atoms with Crippen molar-refractivity contribution in [3.8, 4) is 5.75 Å². The molecule has 128 valence electrons. The van der Waals surface area contributed by atoms with Crippen molar-refractivity contribution in [3.63, 3.8) is 0 Å². The van der Waals surface area contributed by atoms with Gasteiger partial charge in [-0.25, -0.2) is 0 Å². The molecular formula is C20H26N2O2. The Labute approximate surface area is 144 Å². The Morgan fingerprint density at radius 3 is 2.46 bits per heavy atom. The first kappa shape index (κ1) is 17.9. The van der Waals surface area contributed by atoms with Gasteiger partial charge < -0.3 is 15.4 Å². The molecule has 0 bridgehead atoms. The van der Waals surface area contributed by atoms with Gasteiger partial charge in [-0.05, 0) is 56.0 Å². The fraction of sp³-hybridized carbons (Fsp3) is 0.350. The smallest absolute Gasteiger partial charge is 0.239 e. The molecule has 24 heavy (non-hydrogen) atoms. The average molecular weight is 326 g/mol. The summed E-state index contributed by atoms with van der Waals surface area (Å²) in [5.41, 5.74) is 5.75. The summed E-state index contributed by atoms with van der Waals surface area (Å²) in [5.74, 6) is 0.836. The first-order valence-electron chi connectivity index (χ1n) is 8.21. The number of carbonyl (C=O) groups excluding carboxylic acids is 1. The maximum absolute atomic E-state index is 12.0. The van der Waals surface area contributed by atoms with Crippen LogP contribution >= 0.6 is 0 Å². The van der Waals surface area contributed by atoms with Crippen LogP contribution in [0.3, 0.4) is 0 Å². The number of hydrogen-bond acceptors (Lipinski definition) is 3. The van der Waals surface area contributed by atoms with Crippen LogP contribution < -0.4 is 15.4 Å². The van der Waals surface area contributed by atoms with Crippen molar-refractivity contribution in [2.24, 2.45) is 0 Å². The van der Waals surface area contributed by atoms with Crippen molar-refractivity contribution in [1.82, 2.24) is 5.32 Å². The van der Waals surface area contributed by atoms with Gasteiger partial charge in [-0.15, -0.1) is 0 Å². The summed E-state index contributed by atoms with van der Waals surface area (Å²) in [4.78, 5) is 12.0. The van der Waals surface area contributed by atoms with Crippen LogP contribution in [-0.4, -0.2) is 26.1 Å². The molecule has 4 heteroatoms. The maximum atomic E-state index is 12.0. The normalized spacial score (nSPS) is 10.3. The highest BCUT2D eigenvalue weighted by Gasteiger charge is 2.06. The van der Waals surface area contributed by atoms with Gasteiger partial charge in [0.25, 0.3) is 0 Å². The number of aryl methyl sites for hydroxylation is 3. The zero-order chi connectivity index (χ0) is 17.5. The van der Waals surface area contributed by atoms with Crippen LogP contribution in [0.15, 0.2) is 36.4 Å². The minimum Gasteiger partial charge on any atom is -0.497 e. The highest BCUT2D eigenvalue weighted by atomic mass is 16.5. The lowest BCUT2D eigenvalue weighted by atomic mass is 10.1. The number of anilines is 1. The summed E-state index contributed by atoms with van der Waals surface area (Å²) >= 11 is 0. The Morgan fingerprint density at radius 1 is 1.08 bits per heavy atom. The van der Waals surface area contributed by atoms with Gasteiger partial charge in [0.2, 0.25) is 5.91 Å². The van der Waals surface area contributed by atoms with E-state index in [4.69, 9.17) is 4.74 Å². The van der Waals surface area contributed by atoms with E-state index in [0.29, 0.717) is 6.54 Å². The van der Waals surface area contributed by atoms with Crippen LogP contribution in [0, 0.1) is 20.8 Å². The third kappa shape index (κ3) is 5.01. The monoisotopic (exact) mass is 326 g/mol. The Bertz CT molecular complexity index is 688. The van der Waals surface area contributed by atoms with E-state index in [2.05, 4.69) is 43.5 Å². The third-order valence-electron chi connectivity index (χ3n) is 3.97. The molecule has 2 rings (SSSR count). The van der Waals surface area contributed by atoms with E-state index >= 15 is 0 Å². The number of nitrogens with one attached hydrogen (secondary N) is 2. The lowest BCUT2D eigenvalue weighted by Gasteiger charge is -2.14. The molecule has 2 aromatic carbocycles. The number of benzene rings is 2. The first-order chi connectivity index (χ1) is 11.5. The molecule has 1 amide bonds. The van der Waals surface area contributed by atoms with Crippen LogP contribution in [0.4, 0.5) is 5.69 Å². The summed E-state index contributed by atoms with van der Waals surface area (Å²) in [6.45, 7) is 7.09. The van der Waals surface area contributed by atoms with Crippen molar-refractivity contribution in [2.75, 3.05) is 25.5 Å². The molecule has 0 aromatic heterocycles.